The largest absolute Gasteiger partial charge is 0.508 e. The first kappa shape index (κ1) is 19.9. The maximum absolute atomic E-state index is 12.8. The van der Waals surface area contributed by atoms with Crippen molar-refractivity contribution in [2.75, 3.05) is 27.2 Å². The lowest BCUT2D eigenvalue weighted by Crippen LogP contribution is -2.60. The van der Waals surface area contributed by atoms with Crippen molar-refractivity contribution in [3.8, 4) is 5.75 Å². The topological polar surface area (TPSA) is 61.8 Å². The van der Waals surface area contributed by atoms with Crippen LogP contribution < -0.4 is 5.32 Å². The van der Waals surface area contributed by atoms with Crippen LogP contribution in [0.15, 0.2) is 54.6 Å². The van der Waals surface area contributed by atoms with Crippen molar-refractivity contribution < 1.29 is 14.6 Å². The maximum Gasteiger partial charge on any atom is 0.251 e. The number of phenols is 1. The molecule has 0 radical (unpaired) electrons. The van der Waals surface area contributed by atoms with Gasteiger partial charge >= 0.3 is 0 Å². The molecule has 154 valence electrons. The van der Waals surface area contributed by atoms with Gasteiger partial charge in [-0.1, -0.05) is 30.3 Å². The monoisotopic (exact) mass is 394 g/mol. The Labute approximate surface area is 172 Å². The number of methoxy groups -OCH3 is 1. The van der Waals surface area contributed by atoms with Gasteiger partial charge in [0.2, 0.25) is 0 Å². The fourth-order valence-corrected chi connectivity index (χ4v) is 5.39. The molecule has 2 aromatic carbocycles. The van der Waals surface area contributed by atoms with Gasteiger partial charge in [0.1, 0.15) is 5.75 Å². The van der Waals surface area contributed by atoms with Crippen LogP contribution in [0.4, 0.5) is 0 Å². The van der Waals surface area contributed by atoms with Crippen LogP contribution in [0.3, 0.4) is 0 Å². The van der Waals surface area contributed by atoms with Gasteiger partial charge in [-0.2, -0.15) is 0 Å². The van der Waals surface area contributed by atoms with E-state index in [1.54, 1.807) is 13.2 Å². The number of fused-ring (bicyclic) bond motifs is 1. The Morgan fingerprint density at radius 3 is 2.72 bits per heavy atom. The predicted molar refractivity (Wildman–Crippen MR) is 113 cm³/mol. The number of carbonyl (C=O) groups excluding carboxylic acids is 1. The molecule has 0 aromatic heterocycles. The maximum atomic E-state index is 12.8. The first-order valence-corrected chi connectivity index (χ1v) is 10.4. The Morgan fingerprint density at radius 1 is 1.21 bits per heavy atom. The van der Waals surface area contributed by atoms with Gasteiger partial charge in [0.05, 0.1) is 6.10 Å². The molecule has 5 heteroatoms. The molecule has 1 saturated carbocycles. The lowest BCUT2D eigenvalue weighted by Gasteiger charge is -2.55. The van der Waals surface area contributed by atoms with E-state index in [0.29, 0.717) is 17.2 Å². The highest BCUT2D eigenvalue weighted by Crippen LogP contribution is 2.50. The number of amides is 1. The minimum absolute atomic E-state index is 0.0228. The fraction of sp³-hybridized carbons (Fsp3) is 0.458. The summed E-state index contributed by atoms with van der Waals surface area (Å²) in [5, 5.41) is 13.4. The Bertz CT molecular complexity index is 856. The van der Waals surface area contributed by atoms with Gasteiger partial charge in [0, 0.05) is 36.6 Å². The van der Waals surface area contributed by atoms with E-state index in [4.69, 9.17) is 4.74 Å². The number of nitrogens with one attached hydrogen (secondary N) is 1. The van der Waals surface area contributed by atoms with Gasteiger partial charge in [0.15, 0.2) is 0 Å². The third kappa shape index (κ3) is 3.89. The third-order valence-corrected chi connectivity index (χ3v) is 6.83. The molecule has 2 N–H and O–H groups in total. The van der Waals surface area contributed by atoms with Gasteiger partial charge in [-0.05, 0) is 62.7 Å². The number of carbonyl (C=O) groups is 1. The summed E-state index contributed by atoms with van der Waals surface area (Å²) in [4.78, 5) is 15.2. The van der Waals surface area contributed by atoms with E-state index in [1.807, 2.05) is 42.5 Å². The highest BCUT2D eigenvalue weighted by atomic mass is 16.5. The van der Waals surface area contributed by atoms with Crippen molar-refractivity contribution in [3.05, 3.63) is 65.7 Å². The van der Waals surface area contributed by atoms with E-state index in [-0.39, 0.29) is 23.5 Å². The Hall–Kier alpha value is -2.37. The normalized spacial score (nSPS) is 29.8. The van der Waals surface area contributed by atoms with E-state index in [9.17, 15) is 9.90 Å². The van der Waals surface area contributed by atoms with E-state index < -0.39 is 0 Å². The lowest BCUT2D eigenvalue weighted by molar-refractivity contribution is -0.0629. The van der Waals surface area contributed by atoms with Crippen LogP contribution in [0.1, 0.15) is 35.2 Å². The number of hydrogen-bond donors (Lipinski definition) is 2. The molecule has 1 aliphatic heterocycles. The zero-order chi connectivity index (χ0) is 20.4. The number of ether oxygens (including phenoxy) is 1. The zero-order valence-corrected chi connectivity index (χ0v) is 17.2. The molecule has 5 nitrogen and oxygen atoms in total. The minimum Gasteiger partial charge on any atom is -0.508 e. The standard InChI is InChI=1S/C24H30N2O3/c1-26-12-11-24(18-9-6-10-20(27)13-18)15-19(14-22(29-2)21(24)16-26)25-23(28)17-7-4-3-5-8-17/h3-10,13,19,21-22,27H,11-12,14-16H2,1-2H3,(H,25,28)/t19-,21+,22?,24+/m1/s1. The molecule has 2 aromatic rings. The molecule has 4 rings (SSSR count). The molecule has 1 heterocycles. The summed E-state index contributed by atoms with van der Waals surface area (Å²) >= 11 is 0. The second-order valence-electron chi connectivity index (χ2n) is 8.58. The van der Waals surface area contributed by atoms with Gasteiger partial charge in [0.25, 0.3) is 5.91 Å². The Balaban J connectivity index is 1.66. The summed E-state index contributed by atoms with van der Waals surface area (Å²) in [6, 6.07) is 17.0. The predicted octanol–water partition coefficient (Wildman–Crippen LogP) is 3.19. The number of nitrogens with zero attached hydrogens (tertiary/aromatic N) is 1. The van der Waals surface area contributed by atoms with Crippen molar-refractivity contribution in [1.82, 2.24) is 10.2 Å². The highest BCUT2D eigenvalue weighted by Gasteiger charge is 2.52. The fourth-order valence-electron chi connectivity index (χ4n) is 5.39. The van der Waals surface area contributed by atoms with Crippen LogP contribution in [-0.4, -0.2) is 55.3 Å². The first-order valence-electron chi connectivity index (χ1n) is 10.4. The average Bonchev–Trinajstić information content (AvgIpc) is 2.74. The summed E-state index contributed by atoms with van der Waals surface area (Å²) in [5.41, 5.74) is 1.70. The Kier molecular flexibility index (Phi) is 5.61. The van der Waals surface area contributed by atoms with Crippen molar-refractivity contribution in [1.29, 1.82) is 0 Å². The number of hydrogen-bond acceptors (Lipinski definition) is 4. The number of phenolic OH excluding ortho intramolecular Hbond substituents is 1. The van der Waals surface area contributed by atoms with Crippen LogP contribution in [0.25, 0.3) is 0 Å². The quantitative estimate of drug-likeness (QED) is 0.836. The summed E-state index contributed by atoms with van der Waals surface area (Å²) < 4.78 is 5.96. The first-order chi connectivity index (χ1) is 14.0. The van der Waals surface area contributed by atoms with Crippen molar-refractivity contribution in [2.45, 2.75) is 36.8 Å². The lowest BCUT2D eigenvalue weighted by atomic mass is 9.57. The number of likely N-dealkylation sites (tertiary alicyclic amines) is 1. The van der Waals surface area contributed by atoms with Crippen LogP contribution in [-0.2, 0) is 10.2 Å². The molecule has 1 amide bonds. The Morgan fingerprint density at radius 2 is 2.00 bits per heavy atom. The van der Waals surface area contributed by atoms with Crippen molar-refractivity contribution >= 4 is 5.91 Å². The molecule has 1 aliphatic carbocycles. The minimum atomic E-state index is -0.126. The molecule has 29 heavy (non-hydrogen) atoms. The van der Waals surface area contributed by atoms with Crippen molar-refractivity contribution in [3.63, 3.8) is 0 Å². The molecule has 1 unspecified atom stereocenters. The number of aromatic hydroxyl groups is 1. The van der Waals surface area contributed by atoms with Gasteiger partial charge in [-0.15, -0.1) is 0 Å². The smallest absolute Gasteiger partial charge is 0.251 e. The van der Waals surface area contributed by atoms with E-state index in [2.05, 4.69) is 23.3 Å². The van der Waals surface area contributed by atoms with Crippen molar-refractivity contribution in [2.24, 2.45) is 5.92 Å². The summed E-state index contributed by atoms with van der Waals surface area (Å²) in [5.74, 6) is 0.569. The molecular weight excluding hydrogens is 364 g/mol. The van der Waals surface area contributed by atoms with E-state index >= 15 is 0 Å². The zero-order valence-electron chi connectivity index (χ0n) is 17.2. The van der Waals surface area contributed by atoms with Gasteiger partial charge in [-0.3, -0.25) is 4.79 Å². The second-order valence-corrected chi connectivity index (χ2v) is 8.58. The highest BCUT2D eigenvalue weighted by molar-refractivity contribution is 5.94. The average molecular weight is 395 g/mol. The molecule has 0 bridgehead atoms. The molecule has 0 spiro atoms. The van der Waals surface area contributed by atoms with Gasteiger partial charge in [-0.25, -0.2) is 0 Å². The van der Waals surface area contributed by atoms with Crippen LogP contribution >= 0.6 is 0 Å². The summed E-state index contributed by atoms with van der Waals surface area (Å²) in [6.07, 6.45) is 2.69. The SMILES string of the molecule is COC1C[C@@H](NC(=O)c2ccccc2)C[C@]2(c3cccc(O)c3)CCN(C)C[C@@H]12. The summed E-state index contributed by atoms with van der Waals surface area (Å²) in [6.45, 7) is 1.94. The molecule has 2 fully saturated rings. The number of benzene rings is 2. The van der Waals surface area contributed by atoms with Gasteiger partial charge < -0.3 is 20.1 Å². The third-order valence-electron chi connectivity index (χ3n) is 6.83. The van der Waals surface area contributed by atoms with Crippen LogP contribution in [0.2, 0.25) is 0 Å². The number of piperidine rings is 1. The van der Waals surface area contributed by atoms with E-state index in [1.165, 1.54) is 0 Å². The summed E-state index contributed by atoms with van der Waals surface area (Å²) in [7, 11) is 3.93. The van der Waals surface area contributed by atoms with Crippen LogP contribution in [0.5, 0.6) is 5.75 Å². The van der Waals surface area contributed by atoms with E-state index in [0.717, 1.165) is 37.9 Å². The number of rotatable bonds is 4. The molecule has 2 aliphatic rings. The molecular formula is C24H30N2O3. The molecule has 1 saturated heterocycles. The van der Waals surface area contributed by atoms with Crippen LogP contribution in [0, 0.1) is 5.92 Å². The second kappa shape index (κ2) is 8.17. The molecule has 4 atom stereocenters.